The van der Waals surface area contributed by atoms with Crippen molar-refractivity contribution in [3.05, 3.63) is 75.1 Å². The monoisotopic (exact) mass is 403 g/mol. The van der Waals surface area contributed by atoms with Crippen LogP contribution in [0.1, 0.15) is 16.8 Å². The Morgan fingerprint density at radius 2 is 2.08 bits per heavy atom. The summed E-state index contributed by atoms with van der Waals surface area (Å²) in [7, 11) is 0. The first-order valence-corrected chi connectivity index (χ1v) is 8.53. The van der Waals surface area contributed by atoms with Crippen molar-refractivity contribution in [1.82, 2.24) is 14.7 Å². The molecule has 2 aromatic heterocycles. The zero-order valence-electron chi connectivity index (χ0n) is 13.0. The highest BCUT2D eigenvalue weighted by Gasteiger charge is 2.06. The molecule has 0 aliphatic carbocycles. The number of imidazole rings is 1. The molecule has 0 saturated carbocycles. The topological polar surface area (TPSA) is 46.4 Å². The highest BCUT2D eigenvalue weighted by atomic mass is 79.9. The molecule has 0 spiro atoms. The molecule has 0 unspecified atom stereocenters. The summed E-state index contributed by atoms with van der Waals surface area (Å²) in [5.41, 5.74) is 3.69. The number of aromatic nitrogens is 2. The van der Waals surface area contributed by atoms with Gasteiger partial charge >= 0.3 is 0 Å². The van der Waals surface area contributed by atoms with Crippen LogP contribution >= 0.6 is 27.5 Å². The Bertz CT molecular complexity index is 916. The molecule has 3 rings (SSSR count). The summed E-state index contributed by atoms with van der Waals surface area (Å²) in [6, 6.07) is 9.30. The van der Waals surface area contributed by atoms with Gasteiger partial charge in [-0.3, -0.25) is 4.79 Å². The van der Waals surface area contributed by atoms with Crippen molar-refractivity contribution >= 4 is 45.2 Å². The number of carbonyl (C=O) groups is 1. The molecule has 1 amide bonds. The van der Waals surface area contributed by atoms with E-state index < -0.39 is 0 Å². The van der Waals surface area contributed by atoms with Crippen molar-refractivity contribution in [2.45, 2.75) is 13.5 Å². The van der Waals surface area contributed by atoms with Crippen LogP contribution in [-0.2, 0) is 11.3 Å². The largest absolute Gasteiger partial charge is 0.347 e. The molecule has 0 aliphatic heterocycles. The highest BCUT2D eigenvalue weighted by molar-refractivity contribution is 9.10. The third kappa shape index (κ3) is 4.04. The molecule has 4 nitrogen and oxygen atoms in total. The van der Waals surface area contributed by atoms with E-state index in [2.05, 4.69) is 26.2 Å². The van der Waals surface area contributed by atoms with Crippen LogP contribution in [0.3, 0.4) is 0 Å². The van der Waals surface area contributed by atoms with Crippen molar-refractivity contribution in [3.8, 4) is 0 Å². The number of hydrogen-bond donors (Lipinski definition) is 1. The number of pyridine rings is 1. The van der Waals surface area contributed by atoms with E-state index in [1.807, 2.05) is 41.9 Å². The number of nitrogens with zero attached hydrogens (tertiary/aromatic N) is 2. The van der Waals surface area contributed by atoms with Gasteiger partial charge in [-0.25, -0.2) is 4.98 Å². The number of nitrogens with one attached hydrogen (secondary N) is 1. The zero-order valence-corrected chi connectivity index (χ0v) is 15.3. The third-order valence-corrected chi connectivity index (χ3v) is 4.18. The van der Waals surface area contributed by atoms with E-state index in [1.165, 1.54) is 6.08 Å². The van der Waals surface area contributed by atoms with Gasteiger partial charge in [0.05, 0.1) is 12.2 Å². The lowest BCUT2D eigenvalue weighted by Gasteiger charge is -1.98. The molecule has 1 N–H and O–H groups in total. The van der Waals surface area contributed by atoms with Gasteiger partial charge in [0.25, 0.3) is 0 Å². The van der Waals surface area contributed by atoms with Gasteiger partial charge < -0.3 is 9.72 Å². The van der Waals surface area contributed by atoms with E-state index in [0.717, 1.165) is 26.9 Å². The number of fused-ring (bicyclic) bond motifs is 1. The molecule has 6 heteroatoms. The number of carbonyl (C=O) groups excluding carboxylic acids is 1. The smallest absolute Gasteiger partial charge is 0.244 e. The first kappa shape index (κ1) is 16.7. The van der Waals surface area contributed by atoms with Crippen LogP contribution in [0.2, 0.25) is 5.02 Å². The Kier molecular flexibility index (Phi) is 5.02. The Hall–Kier alpha value is -2.11. The lowest BCUT2D eigenvalue weighted by molar-refractivity contribution is -0.116. The Morgan fingerprint density at radius 1 is 1.33 bits per heavy atom. The molecule has 122 valence electrons. The van der Waals surface area contributed by atoms with E-state index in [0.29, 0.717) is 11.6 Å². The summed E-state index contributed by atoms with van der Waals surface area (Å²) in [6.45, 7) is 2.38. The number of hydrogen-bond acceptors (Lipinski definition) is 2. The van der Waals surface area contributed by atoms with Crippen LogP contribution in [0.25, 0.3) is 11.7 Å². The van der Waals surface area contributed by atoms with Crippen LogP contribution in [-0.4, -0.2) is 15.3 Å². The predicted molar refractivity (Wildman–Crippen MR) is 100.0 cm³/mol. The second-order valence-electron chi connectivity index (χ2n) is 5.41. The Balaban J connectivity index is 1.64. The quantitative estimate of drug-likeness (QED) is 0.656. The fraction of sp³-hybridized carbons (Fsp3) is 0.111. The number of amides is 1. The maximum atomic E-state index is 11.9. The second kappa shape index (κ2) is 7.20. The summed E-state index contributed by atoms with van der Waals surface area (Å²) < 4.78 is 2.94. The Labute approximate surface area is 153 Å². The molecule has 0 radical (unpaired) electrons. The first-order valence-electron chi connectivity index (χ1n) is 7.36. The van der Waals surface area contributed by atoms with Crippen LogP contribution in [0.15, 0.2) is 53.3 Å². The molecule has 0 atom stereocenters. The van der Waals surface area contributed by atoms with Crippen molar-refractivity contribution in [2.75, 3.05) is 0 Å². The van der Waals surface area contributed by atoms with E-state index >= 15 is 0 Å². The predicted octanol–water partition coefficient (Wildman–Crippen LogP) is 4.39. The maximum absolute atomic E-state index is 11.9. The number of rotatable bonds is 4. The van der Waals surface area contributed by atoms with Gasteiger partial charge in [-0.1, -0.05) is 23.7 Å². The van der Waals surface area contributed by atoms with Crippen molar-refractivity contribution in [2.24, 2.45) is 0 Å². The zero-order chi connectivity index (χ0) is 17.1. The maximum Gasteiger partial charge on any atom is 0.244 e. The van der Waals surface area contributed by atoms with Gasteiger partial charge in [0, 0.05) is 28.0 Å². The fourth-order valence-corrected chi connectivity index (χ4v) is 3.03. The molecule has 0 saturated heterocycles. The van der Waals surface area contributed by atoms with E-state index in [4.69, 9.17) is 11.6 Å². The minimum atomic E-state index is -0.167. The van der Waals surface area contributed by atoms with E-state index in [1.54, 1.807) is 18.2 Å². The SMILES string of the molecule is Cc1cc(Br)cn2cc(CNC(=O)/C=C/c3ccc(Cl)cc3)nc12. The van der Waals surface area contributed by atoms with E-state index in [-0.39, 0.29) is 5.91 Å². The molecular weight excluding hydrogens is 390 g/mol. The van der Waals surface area contributed by atoms with Gasteiger partial charge in [-0.2, -0.15) is 0 Å². The van der Waals surface area contributed by atoms with Gasteiger partial charge in [0.1, 0.15) is 5.65 Å². The lowest BCUT2D eigenvalue weighted by atomic mass is 10.2. The molecule has 3 aromatic rings. The standard InChI is InChI=1S/C18H15BrClN3O/c1-12-8-14(19)10-23-11-16(22-18(12)23)9-21-17(24)7-4-13-2-5-15(20)6-3-13/h2-8,10-11H,9H2,1H3,(H,21,24)/b7-4+. The average Bonchev–Trinajstić information content (AvgIpc) is 2.95. The third-order valence-electron chi connectivity index (χ3n) is 3.49. The van der Waals surface area contributed by atoms with Gasteiger partial charge in [-0.05, 0) is 58.3 Å². The minimum Gasteiger partial charge on any atom is -0.347 e. The van der Waals surface area contributed by atoms with Crippen LogP contribution in [0, 0.1) is 6.92 Å². The van der Waals surface area contributed by atoms with E-state index in [9.17, 15) is 4.79 Å². The highest BCUT2D eigenvalue weighted by Crippen LogP contribution is 2.17. The van der Waals surface area contributed by atoms with Gasteiger partial charge in [-0.15, -0.1) is 0 Å². The lowest BCUT2D eigenvalue weighted by Crippen LogP contribution is -2.20. The molecule has 24 heavy (non-hydrogen) atoms. The molecule has 0 aliphatic rings. The summed E-state index contributed by atoms with van der Waals surface area (Å²) >= 11 is 9.30. The molecule has 0 fully saturated rings. The normalized spacial score (nSPS) is 11.3. The molecular formula is C18H15BrClN3O. The molecule has 0 bridgehead atoms. The average molecular weight is 405 g/mol. The van der Waals surface area contributed by atoms with Crippen molar-refractivity contribution in [3.63, 3.8) is 0 Å². The van der Waals surface area contributed by atoms with Crippen molar-refractivity contribution < 1.29 is 4.79 Å². The summed E-state index contributed by atoms with van der Waals surface area (Å²) in [6.07, 6.45) is 7.11. The van der Waals surface area contributed by atoms with Gasteiger partial charge in [0.15, 0.2) is 0 Å². The molecule has 1 aromatic carbocycles. The summed E-state index contributed by atoms with van der Waals surface area (Å²) in [5, 5.41) is 3.51. The van der Waals surface area contributed by atoms with Crippen LogP contribution in [0.4, 0.5) is 0 Å². The van der Waals surface area contributed by atoms with Crippen LogP contribution < -0.4 is 5.32 Å². The summed E-state index contributed by atoms with van der Waals surface area (Å²) in [5.74, 6) is -0.167. The second-order valence-corrected chi connectivity index (χ2v) is 6.76. The number of halogens is 2. The summed E-state index contributed by atoms with van der Waals surface area (Å²) in [4.78, 5) is 16.5. The number of benzene rings is 1. The fourth-order valence-electron chi connectivity index (χ4n) is 2.34. The first-order chi connectivity index (χ1) is 11.5. The minimum absolute atomic E-state index is 0.167. The number of aryl methyl sites for hydroxylation is 1. The van der Waals surface area contributed by atoms with Crippen LogP contribution in [0.5, 0.6) is 0 Å². The Morgan fingerprint density at radius 3 is 2.83 bits per heavy atom. The van der Waals surface area contributed by atoms with Crippen molar-refractivity contribution in [1.29, 1.82) is 0 Å². The van der Waals surface area contributed by atoms with Gasteiger partial charge in [0.2, 0.25) is 5.91 Å². The molecule has 2 heterocycles.